The second kappa shape index (κ2) is 6.37. The zero-order valence-corrected chi connectivity index (χ0v) is 12.5. The largest absolute Gasteiger partial charge is 0.439 e. The second-order valence-electron chi connectivity index (χ2n) is 4.93. The van der Waals surface area contributed by atoms with Crippen molar-refractivity contribution >= 4 is 5.82 Å². The maximum Gasteiger partial charge on any atom is 0.224 e. The molecule has 2 rings (SSSR count). The Hall–Kier alpha value is -2.10. The van der Waals surface area contributed by atoms with Gasteiger partial charge in [-0.3, -0.25) is 0 Å². The van der Waals surface area contributed by atoms with Crippen LogP contribution in [0.3, 0.4) is 0 Å². The van der Waals surface area contributed by atoms with E-state index >= 15 is 0 Å². The highest BCUT2D eigenvalue weighted by atomic mass is 16.5. The summed E-state index contributed by atoms with van der Waals surface area (Å²) in [6.45, 7) is 6.22. The van der Waals surface area contributed by atoms with Crippen LogP contribution >= 0.6 is 0 Å². The minimum atomic E-state index is 0.581. The van der Waals surface area contributed by atoms with Crippen molar-refractivity contribution in [2.24, 2.45) is 0 Å². The van der Waals surface area contributed by atoms with Crippen LogP contribution in [0.25, 0.3) is 0 Å². The van der Waals surface area contributed by atoms with Gasteiger partial charge in [0.1, 0.15) is 17.4 Å². The van der Waals surface area contributed by atoms with Crippen molar-refractivity contribution in [2.45, 2.75) is 33.6 Å². The van der Waals surface area contributed by atoms with Crippen LogP contribution in [0.1, 0.15) is 30.3 Å². The van der Waals surface area contributed by atoms with Crippen LogP contribution in [0.15, 0.2) is 24.3 Å². The number of hydrogen-bond acceptors (Lipinski definition) is 4. The number of benzene rings is 1. The molecule has 4 heteroatoms. The van der Waals surface area contributed by atoms with E-state index in [2.05, 4.69) is 42.1 Å². The molecule has 0 fully saturated rings. The van der Waals surface area contributed by atoms with Crippen LogP contribution < -0.4 is 10.1 Å². The van der Waals surface area contributed by atoms with E-state index in [-0.39, 0.29) is 0 Å². The molecular formula is C16H21N3O. The number of nitrogens with one attached hydrogen (secondary N) is 1. The third kappa shape index (κ3) is 3.70. The summed E-state index contributed by atoms with van der Waals surface area (Å²) in [4.78, 5) is 8.87. The smallest absolute Gasteiger partial charge is 0.224 e. The van der Waals surface area contributed by atoms with E-state index < -0.39 is 0 Å². The van der Waals surface area contributed by atoms with Crippen molar-refractivity contribution in [3.8, 4) is 11.6 Å². The molecule has 0 aliphatic rings. The third-order valence-electron chi connectivity index (χ3n) is 2.90. The molecule has 0 aliphatic carbocycles. The van der Waals surface area contributed by atoms with E-state index in [1.54, 1.807) is 0 Å². The summed E-state index contributed by atoms with van der Waals surface area (Å²) >= 11 is 0. The lowest BCUT2D eigenvalue weighted by Gasteiger charge is -2.10. The Morgan fingerprint density at radius 3 is 2.35 bits per heavy atom. The Labute approximate surface area is 120 Å². The molecule has 0 unspecified atom stereocenters. The van der Waals surface area contributed by atoms with E-state index in [9.17, 15) is 0 Å². The number of aromatic nitrogens is 2. The molecule has 0 saturated heterocycles. The second-order valence-corrected chi connectivity index (χ2v) is 4.93. The van der Waals surface area contributed by atoms with Crippen molar-refractivity contribution in [2.75, 3.05) is 12.4 Å². The van der Waals surface area contributed by atoms with Crippen LogP contribution in [0.4, 0.5) is 5.82 Å². The van der Waals surface area contributed by atoms with Crippen LogP contribution in [-0.2, 0) is 6.42 Å². The minimum absolute atomic E-state index is 0.581. The highest BCUT2D eigenvalue weighted by Crippen LogP contribution is 2.24. The highest BCUT2D eigenvalue weighted by molar-refractivity contribution is 5.41. The molecule has 1 aromatic heterocycles. The van der Waals surface area contributed by atoms with Gasteiger partial charge in [0.15, 0.2) is 0 Å². The minimum Gasteiger partial charge on any atom is -0.439 e. The molecule has 0 aliphatic heterocycles. The van der Waals surface area contributed by atoms with Gasteiger partial charge in [0.05, 0.1) is 0 Å². The summed E-state index contributed by atoms with van der Waals surface area (Å²) in [7, 11) is 1.85. The predicted molar refractivity (Wildman–Crippen MR) is 81.6 cm³/mol. The van der Waals surface area contributed by atoms with Crippen LogP contribution in [0, 0.1) is 13.8 Å². The van der Waals surface area contributed by atoms with Gasteiger partial charge in [-0.2, -0.15) is 4.98 Å². The molecule has 0 saturated carbocycles. The first kappa shape index (κ1) is 14.3. The number of rotatable bonds is 5. The summed E-state index contributed by atoms with van der Waals surface area (Å²) in [5.74, 6) is 2.98. The van der Waals surface area contributed by atoms with Crippen LogP contribution in [-0.4, -0.2) is 17.0 Å². The first-order chi connectivity index (χ1) is 9.60. The molecule has 1 N–H and O–H groups in total. The van der Waals surface area contributed by atoms with Crippen LogP contribution in [0.5, 0.6) is 11.6 Å². The van der Waals surface area contributed by atoms with Gasteiger partial charge < -0.3 is 10.1 Å². The molecule has 2 aromatic rings. The first-order valence-corrected chi connectivity index (χ1v) is 6.92. The molecule has 1 heterocycles. The lowest BCUT2D eigenvalue weighted by atomic mass is 10.1. The van der Waals surface area contributed by atoms with Gasteiger partial charge in [0, 0.05) is 19.5 Å². The number of ether oxygens (including phenoxy) is 1. The zero-order chi connectivity index (χ0) is 14.5. The number of anilines is 1. The maximum absolute atomic E-state index is 5.88. The standard InChI is InChI=1S/C16H21N3O/c1-5-6-14-18-15(17-4)10-16(19-14)20-13-8-11(2)7-12(3)9-13/h7-10H,5-6H2,1-4H3,(H,17,18,19). The molecule has 20 heavy (non-hydrogen) atoms. The summed E-state index contributed by atoms with van der Waals surface area (Å²) in [6, 6.07) is 7.95. The van der Waals surface area contributed by atoms with Gasteiger partial charge in [-0.05, 0) is 43.5 Å². The highest BCUT2D eigenvalue weighted by Gasteiger charge is 2.06. The van der Waals surface area contributed by atoms with Gasteiger partial charge in [-0.15, -0.1) is 0 Å². The Bertz CT molecular complexity index is 576. The van der Waals surface area contributed by atoms with Gasteiger partial charge in [-0.1, -0.05) is 13.0 Å². The molecule has 0 bridgehead atoms. The zero-order valence-electron chi connectivity index (χ0n) is 12.5. The van der Waals surface area contributed by atoms with E-state index in [1.807, 2.05) is 25.2 Å². The summed E-state index contributed by atoms with van der Waals surface area (Å²) in [6.07, 6.45) is 1.86. The van der Waals surface area contributed by atoms with Gasteiger partial charge in [0.2, 0.25) is 5.88 Å². The van der Waals surface area contributed by atoms with Crippen molar-refractivity contribution in [3.05, 3.63) is 41.2 Å². The topological polar surface area (TPSA) is 47.0 Å². The predicted octanol–water partition coefficient (Wildman–Crippen LogP) is 3.88. The Morgan fingerprint density at radius 2 is 1.75 bits per heavy atom. The van der Waals surface area contributed by atoms with Crippen LogP contribution in [0.2, 0.25) is 0 Å². The quantitative estimate of drug-likeness (QED) is 0.896. The maximum atomic E-state index is 5.88. The normalized spacial score (nSPS) is 10.4. The Kier molecular flexibility index (Phi) is 4.56. The molecule has 106 valence electrons. The average molecular weight is 271 g/mol. The Morgan fingerprint density at radius 1 is 1.05 bits per heavy atom. The van der Waals surface area contributed by atoms with Crippen molar-refractivity contribution in [3.63, 3.8) is 0 Å². The molecule has 4 nitrogen and oxygen atoms in total. The van der Waals surface area contributed by atoms with Gasteiger partial charge in [-0.25, -0.2) is 4.98 Å². The fourth-order valence-corrected chi connectivity index (χ4v) is 2.10. The van der Waals surface area contributed by atoms with E-state index in [4.69, 9.17) is 4.74 Å². The first-order valence-electron chi connectivity index (χ1n) is 6.92. The monoisotopic (exact) mass is 271 g/mol. The third-order valence-corrected chi connectivity index (χ3v) is 2.90. The lowest BCUT2D eigenvalue weighted by Crippen LogP contribution is -2.02. The lowest BCUT2D eigenvalue weighted by molar-refractivity contribution is 0.458. The summed E-state index contributed by atoms with van der Waals surface area (Å²) in [5, 5.41) is 3.04. The molecule has 0 atom stereocenters. The molecule has 0 amide bonds. The van der Waals surface area contributed by atoms with Crippen molar-refractivity contribution < 1.29 is 4.74 Å². The summed E-state index contributed by atoms with van der Waals surface area (Å²) < 4.78 is 5.88. The van der Waals surface area contributed by atoms with Crippen molar-refractivity contribution in [1.29, 1.82) is 0 Å². The summed E-state index contributed by atoms with van der Waals surface area (Å²) in [5.41, 5.74) is 2.35. The fraction of sp³-hybridized carbons (Fsp3) is 0.375. The van der Waals surface area contributed by atoms with Gasteiger partial charge >= 0.3 is 0 Å². The molecule has 0 radical (unpaired) electrons. The number of nitrogens with zero attached hydrogens (tertiary/aromatic N) is 2. The van der Waals surface area contributed by atoms with E-state index in [0.29, 0.717) is 5.88 Å². The van der Waals surface area contributed by atoms with Gasteiger partial charge in [0.25, 0.3) is 0 Å². The van der Waals surface area contributed by atoms with E-state index in [1.165, 1.54) is 11.1 Å². The number of hydrogen-bond donors (Lipinski definition) is 1. The fourth-order valence-electron chi connectivity index (χ4n) is 2.10. The van der Waals surface area contributed by atoms with E-state index in [0.717, 1.165) is 30.2 Å². The van der Waals surface area contributed by atoms with Crippen molar-refractivity contribution in [1.82, 2.24) is 9.97 Å². The number of aryl methyl sites for hydroxylation is 3. The molecule has 1 aromatic carbocycles. The molecule has 0 spiro atoms. The molecular weight excluding hydrogens is 250 g/mol. The SMILES string of the molecule is CCCc1nc(NC)cc(Oc2cc(C)cc(C)c2)n1. The average Bonchev–Trinajstić information content (AvgIpc) is 2.37. The Balaban J connectivity index is 2.29.